The highest BCUT2D eigenvalue weighted by molar-refractivity contribution is 7.99. The fourth-order valence-corrected chi connectivity index (χ4v) is 2.31. The maximum Gasteiger partial charge on any atom is 0.243 e. The van der Waals surface area contributed by atoms with Gasteiger partial charge in [0.1, 0.15) is 6.04 Å². The van der Waals surface area contributed by atoms with E-state index in [4.69, 9.17) is 0 Å². The lowest BCUT2D eigenvalue weighted by atomic mass is 10.3. The molecule has 4 nitrogen and oxygen atoms in total. The Morgan fingerprint density at radius 3 is 3.00 bits per heavy atom. The Morgan fingerprint density at radius 2 is 2.29 bits per heavy atom. The molecule has 2 N–H and O–H groups in total. The maximum atomic E-state index is 11.6. The molecular formula is C9H14N2O2S. The van der Waals surface area contributed by atoms with Crippen LogP contribution in [0.3, 0.4) is 0 Å². The first-order chi connectivity index (χ1) is 6.75. The minimum Gasteiger partial charge on any atom is -0.352 e. The normalized spacial score (nSPS) is 27.7. The van der Waals surface area contributed by atoms with Gasteiger partial charge in [-0.25, -0.2) is 0 Å². The Morgan fingerprint density at radius 1 is 1.50 bits per heavy atom. The number of amides is 2. The standard InChI is InChI=1S/C9H14N2O2S/c12-8-3-4-14-5-7(11-8)9(13)10-6-1-2-6/h6-7H,1-5H2,(H,10,13)(H,11,12)/t7-/m0/s1. The Balaban J connectivity index is 1.86. The van der Waals surface area contributed by atoms with E-state index >= 15 is 0 Å². The minimum atomic E-state index is -0.324. The number of nitrogens with one attached hydrogen (secondary N) is 2. The average Bonchev–Trinajstić information content (AvgIpc) is 2.93. The van der Waals surface area contributed by atoms with Crippen LogP contribution in [0.5, 0.6) is 0 Å². The van der Waals surface area contributed by atoms with Gasteiger partial charge in [0.05, 0.1) is 0 Å². The van der Waals surface area contributed by atoms with Crippen molar-refractivity contribution in [2.75, 3.05) is 11.5 Å². The lowest BCUT2D eigenvalue weighted by Crippen LogP contribution is -2.47. The van der Waals surface area contributed by atoms with Crippen molar-refractivity contribution < 1.29 is 9.59 Å². The van der Waals surface area contributed by atoms with Crippen LogP contribution in [0.25, 0.3) is 0 Å². The lowest BCUT2D eigenvalue weighted by molar-refractivity contribution is -0.128. The first-order valence-corrected chi connectivity index (χ1v) is 6.08. The summed E-state index contributed by atoms with van der Waals surface area (Å²) in [6, 6.07) is 0.0447. The van der Waals surface area contributed by atoms with Crippen molar-refractivity contribution in [3.63, 3.8) is 0 Å². The highest BCUT2D eigenvalue weighted by atomic mass is 32.2. The summed E-state index contributed by atoms with van der Waals surface area (Å²) >= 11 is 1.66. The third-order valence-electron chi connectivity index (χ3n) is 2.33. The summed E-state index contributed by atoms with van der Waals surface area (Å²) in [5.41, 5.74) is 0. The Bertz CT molecular complexity index is 253. The molecule has 14 heavy (non-hydrogen) atoms. The van der Waals surface area contributed by atoms with Crippen molar-refractivity contribution in [2.24, 2.45) is 0 Å². The van der Waals surface area contributed by atoms with Crippen molar-refractivity contribution in [3.05, 3.63) is 0 Å². The van der Waals surface area contributed by atoms with Crippen LogP contribution in [0.1, 0.15) is 19.3 Å². The van der Waals surface area contributed by atoms with Crippen LogP contribution in [0.4, 0.5) is 0 Å². The van der Waals surface area contributed by atoms with Crippen molar-refractivity contribution in [2.45, 2.75) is 31.3 Å². The molecular weight excluding hydrogens is 200 g/mol. The van der Waals surface area contributed by atoms with E-state index in [-0.39, 0.29) is 17.9 Å². The lowest BCUT2D eigenvalue weighted by Gasteiger charge is -2.14. The topological polar surface area (TPSA) is 58.2 Å². The molecule has 78 valence electrons. The number of hydrogen-bond donors (Lipinski definition) is 2. The molecule has 0 unspecified atom stereocenters. The van der Waals surface area contributed by atoms with Crippen molar-refractivity contribution in [1.82, 2.24) is 10.6 Å². The third kappa shape index (κ3) is 2.64. The van der Waals surface area contributed by atoms with Gasteiger partial charge in [0.25, 0.3) is 0 Å². The molecule has 0 radical (unpaired) electrons. The minimum absolute atomic E-state index is 0.00838. The zero-order valence-electron chi connectivity index (χ0n) is 7.91. The fraction of sp³-hybridized carbons (Fsp3) is 0.778. The smallest absolute Gasteiger partial charge is 0.243 e. The summed E-state index contributed by atoms with van der Waals surface area (Å²) in [5, 5.41) is 5.64. The molecule has 2 amide bonds. The van der Waals surface area contributed by atoms with Crippen LogP contribution >= 0.6 is 11.8 Å². The molecule has 5 heteroatoms. The molecule has 1 aliphatic heterocycles. The first-order valence-electron chi connectivity index (χ1n) is 4.93. The molecule has 2 aliphatic rings. The number of thioether (sulfide) groups is 1. The summed E-state index contributed by atoms with van der Waals surface area (Å²) in [5.74, 6) is 1.49. The van der Waals surface area contributed by atoms with E-state index < -0.39 is 0 Å². The molecule has 2 fully saturated rings. The predicted molar refractivity (Wildman–Crippen MR) is 55.0 cm³/mol. The van der Waals surface area contributed by atoms with Gasteiger partial charge in [-0.15, -0.1) is 0 Å². The largest absolute Gasteiger partial charge is 0.352 e. The van der Waals surface area contributed by atoms with E-state index in [1.54, 1.807) is 11.8 Å². The molecule has 0 spiro atoms. The second kappa shape index (κ2) is 4.21. The van der Waals surface area contributed by atoms with Gasteiger partial charge in [-0.1, -0.05) is 0 Å². The van der Waals surface area contributed by atoms with Crippen molar-refractivity contribution in [3.8, 4) is 0 Å². The van der Waals surface area contributed by atoms with E-state index in [9.17, 15) is 9.59 Å². The van der Waals surface area contributed by atoms with Crippen LogP contribution in [0.15, 0.2) is 0 Å². The zero-order chi connectivity index (χ0) is 9.97. The van der Waals surface area contributed by atoms with Gasteiger partial charge in [0, 0.05) is 24.0 Å². The summed E-state index contributed by atoms with van der Waals surface area (Å²) in [4.78, 5) is 22.8. The second-order valence-corrected chi connectivity index (χ2v) is 4.88. The van der Waals surface area contributed by atoms with Gasteiger partial charge in [-0.05, 0) is 12.8 Å². The van der Waals surface area contributed by atoms with Crippen LogP contribution in [0, 0.1) is 0 Å². The summed E-state index contributed by atoms with van der Waals surface area (Å²) in [6.07, 6.45) is 2.69. The monoisotopic (exact) mass is 214 g/mol. The van der Waals surface area contributed by atoms with Gasteiger partial charge in [0.15, 0.2) is 0 Å². The predicted octanol–water partition coefficient (Wildman–Crippen LogP) is -0.113. The number of rotatable bonds is 2. The molecule has 1 atom stereocenters. The molecule has 1 heterocycles. The van der Waals surface area contributed by atoms with Crippen LogP contribution in [-0.4, -0.2) is 35.4 Å². The number of hydrogen-bond acceptors (Lipinski definition) is 3. The zero-order valence-corrected chi connectivity index (χ0v) is 8.73. The Hall–Kier alpha value is -0.710. The van der Waals surface area contributed by atoms with Crippen LogP contribution in [0.2, 0.25) is 0 Å². The highest BCUT2D eigenvalue weighted by Crippen LogP contribution is 2.19. The van der Waals surface area contributed by atoms with Gasteiger partial charge in [-0.2, -0.15) is 11.8 Å². The summed E-state index contributed by atoms with van der Waals surface area (Å²) in [7, 11) is 0. The van der Waals surface area contributed by atoms with E-state index in [0.717, 1.165) is 18.6 Å². The molecule has 2 rings (SSSR count). The quantitative estimate of drug-likeness (QED) is 0.674. The van der Waals surface area contributed by atoms with Crippen LogP contribution < -0.4 is 10.6 Å². The number of carbonyl (C=O) groups excluding carboxylic acids is 2. The third-order valence-corrected chi connectivity index (χ3v) is 3.40. The van der Waals surface area contributed by atoms with Gasteiger partial charge < -0.3 is 10.6 Å². The molecule has 0 aromatic rings. The molecule has 0 aromatic carbocycles. The highest BCUT2D eigenvalue weighted by Gasteiger charge is 2.29. The molecule has 0 aromatic heterocycles. The summed E-state index contributed by atoms with van der Waals surface area (Å²) in [6.45, 7) is 0. The molecule has 1 aliphatic carbocycles. The fourth-order valence-electron chi connectivity index (χ4n) is 1.34. The maximum absolute atomic E-state index is 11.6. The SMILES string of the molecule is O=C1CCSC[C@@H](C(=O)NC2CC2)N1. The summed E-state index contributed by atoms with van der Waals surface area (Å²) < 4.78 is 0. The van der Waals surface area contributed by atoms with E-state index in [0.29, 0.717) is 18.2 Å². The second-order valence-electron chi connectivity index (χ2n) is 3.73. The van der Waals surface area contributed by atoms with Gasteiger partial charge in [-0.3, -0.25) is 9.59 Å². The van der Waals surface area contributed by atoms with Gasteiger partial charge in [0.2, 0.25) is 11.8 Å². The van der Waals surface area contributed by atoms with E-state index in [1.807, 2.05) is 0 Å². The van der Waals surface area contributed by atoms with E-state index in [1.165, 1.54) is 0 Å². The Kier molecular flexibility index (Phi) is 2.96. The van der Waals surface area contributed by atoms with Crippen LogP contribution in [-0.2, 0) is 9.59 Å². The van der Waals surface area contributed by atoms with Crippen molar-refractivity contribution in [1.29, 1.82) is 0 Å². The van der Waals surface area contributed by atoms with Gasteiger partial charge >= 0.3 is 0 Å². The first kappa shape index (κ1) is 9.83. The Labute approximate surface area is 87.2 Å². The molecule has 0 bridgehead atoms. The molecule has 1 saturated heterocycles. The van der Waals surface area contributed by atoms with E-state index in [2.05, 4.69) is 10.6 Å². The molecule has 1 saturated carbocycles. The number of carbonyl (C=O) groups is 2. The van der Waals surface area contributed by atoms with Crippen molar-refractivity contribution >= 4 is 23.6 Å². The average molecular weight is 214 g/mol.